The van der Waals surface area contributed by atoms with Crippen molar-refractivity contribution in [3.05, 3.63) is 34.3 Å². The first-order valence-electron chi connectivity index (χ1n) is 6.69. The second kappa shape index (κ2) is 7.07. The summed E-state index contributed by atoms with van der Waals surface area (Å²) in [7, 11) is 1.65. The third-order valence-electron chi connectivity index (χ3n) is 3.06. The average molecular weight is 311 g/mol. The molecule has 0 spiro atoms. The van der Waals surface area contributed by atoms with Gasteiger partial charge < -0.3 is 10.1 Å². The lowest BCUT2D eigenvalue weighted by molar-refractivity contribution is 0.416. The van der Waals surface area contributed by atoms with Crippen molar-refractivity contribution in [3.63, 3.8) is 0 Å². The van der Waals surface area contributed by atoms with Crippen LogP contribution in [0.25, 0.3) is 10.6 Å². The molecule has 0 saturated carbocycles. The van der Waals surface area contributed by atoms with E-state index >= 15 is 0 Å². The fourth-order valence-corrected chi connectivity index (χ4v) is 3.26. The molecule has 1 aromatic carbocycles. The Morgan fingerprint density at radius 3 is 2.95 bits per heavy atom. The Labute approximate surface area is 129 Å². The molecule has 3 nitrogen and oxygen atoms in total. The van der Waals surface area contributed by atoms with E-state index in [0.717, 1.165) is 29.3 Å². The molecule has 0 saturated heterocycles. The number of hydrogen-bond donors (Lipinski definition) is 1. The highest BCUT2D eigenvalue weighted by Gasteiger charge is 2.16. The number of aromatic nitrogens is 1. The van der Waals surface area contributed by atoms with Gasteiger partial charge in [-0.15, -0.1) is 11.3 Å². The third kappa shape index (κ3) is 3.32. The molecule has 5 heteroatoms. The van der Waals surface area contributed by atoms with Crippen molar-refractivity contribution in [3.8, 4) is 16.3 Å². The molecule has 0 aliphatic heterocycles. The molecule has 20 heavy (non-hydrogen) atoms. The van der Waals surface area contributed by atoms with Crippen LogP contribution in [0, 0.1) is 0 Å². The second-order valence-corrected chi connectivity index (χ2v) is 6.03. The molecule has 1 unspecified atom stereocenters. The van der Waals surface area contributed by atoms with E-state index in [2.05, 4.69) is 24.1 Å². The molecule has 0 fully saturated rings. The summed E-state index contributed by atoms with van der Waals surface area (Å²) in [4.78, 5) is 5.70. The fourth-order valence-electron chi connectivity index (χ4n) is 1.95. The SMILES string of the molecule is CCCNC(C)c1cnc(-c2c(Cl)cccc2OC)s1. The third-order valence-corrected chi connectivity index (χ3v) is 4.57. The van der Waals surface area contributed by atoms with E-state index in [1.54, 1.807) is 18.4 Å². The highest BCUT2D eigenvalue weighted by molar-refractivity contribution is 7.15. The van der Waals surface area contributed by atoms with Gasteiger partial charge in [-0.05, 0) is 32.0 Å². The summed E-state index contributed by atoms with van der Waals surface area (Å²) in [6.45, 7) is 5.31. The van der Waals surface area contributed by atoms with Gasteiger partial charge in [-0.2, -0.15) is 0 Å². The second-order valence-electron chi connectivity index (χ2n) is 4.56. The van der Waals surface area contributed by atoms with Crippen molar-refractivity contribution in [1.82, 2.24) is 10.3 Å². The van der Waals surface area contributed by atoms with Crippen molar-refractivity contribution in [1.29, 1.82) is 0 Å². The van der Waals surface area contributed by atoms with E-state index in [1.807, 2.05) is 24.4 Å². The first kappa shape index (κ1) is 15.3. The van der Waals surface area contributed by atoms with Crippen molar-refractivity contribution in [2.75, 3.05) is 13.7 Å². The Kier molecular flexibility index (Phi) is 5.40. The molecular weight excluding hydrogens is 292 g/mol. The normalized spacial score (nSPS) is 12.4. The fraction of sp³-hybridized carbons (Fsp3) is 0.400. The maximum atomic E-state index is 6.29. The number of methoxy groups -OCH3 is 1. The average Bonchev–Trinajstić information content (AvgIpc) is 2.93. The van der Waals surface area contributed by atoms with Crippen LogP contribution in [-0.4, -0.2) is 18.6 Å². The van der Waals surface area contributed by atoms with E-state index in [4.69, 9.17) is 16.3 Å². The van der Waals surface area contributed by atoms with Gasteiger partial charge in [0.2, 0.25) is 0 Å². The van der Waals surface area contributed by atoms with Gasteiger partial charge in [0.25, 0.3) is 0 Å². The van der Waals surface area contributed by atoms with Crippen molar-refractivity contribution in [2.45, 2.75) is 26.3 Å². The zero-order chi connectivity index (χ0) is 14.5. The lowest BCUT2D eigenvalue weighted by Gasteiger charge is -2.10. The Balaban J connectivity index is 2.29. The van der Waals surface area contributed by atoms with Crippen LogP contribution in [0.1, 0.15) is 31.2 Å². The molecule has 1 atom stereocenters. The van der Waals surface area contributed by atoms with Crippen molar-refractivity contribution < 1.29 is 4.74 Å². The lowest BCUT2D eigenvalue weighted by Crippen LogP contribution is -2.18. The van der Waals surface area contributed by atoms with Gasteiger partial charge in [-0.25, -0.2) is 4.98 Å². The molecule has 1 N–H and O–H groups in total. The molecule has 0 aliphatic carbocycles. The van der Waals surface area contributed by atoms with Gasteiger partial charge in [0, 0.05) is 17.1 Å². The van der Waals surface area contributed by atoms with E-state index in [1.165, 1.54) is 4.88 Å². The van der Waals surface area contributed by atoms with Crippen molar-refractivity contribution in [2.24, 2.45) is 0 Å². The number of ether oxygens (including phenoxy) is 1. The van der Waals surface area contributed by atoms with Crippen LogP contribution in [0.3, 0.4) is 0 Å². The van der Waals surface area contributed by atoms with Crippen LogP contribution in [0.5, 0.6) is 5.75 Å². The predicted octanol–water partition coefficient (Wildman–Crippen LogP) is 4.53. The molecule has 0 radical (unpaired) electrons. The van der Waals surface area contributed by atoms with Crippen LogP contribution in [0.2, 0.25) is 5.02 Å². The molecular formula is C15H19ClN2OS. The van der Waals surface area contributed by atoms with Crippen molar-refractivity contribution >= 4 is 22.9 Å². The summed E-state index contributed by atoms with van der Waals surface area (Å²) in [5, 5.41) is 5.02. The van der Waals surface area contributed by atoms with E-state index in [9.17, 15) is 0 Å². The number of nitrogens with one attached hydrogen (secondary N) is 1. The van der Waals surface area contributed by atoms with Gasteiger partial charge in [0.1, 0.15) is 10.8 Å². The lowest BCUT2D eigenvalue weighted by atomic mass is 10.2. The summed E-state index contributed by atoms with van der Waals surface area (Å²) in [6.07, 6.45) is 3.03. The number of halogens is 1. The summed E-state index contributed by atoms with van der Waals surface area (Å²) < 4.78 is 5.38. The number of benzene rings is 1. The van der Waals surface area contributed by atoms with Gasteiger partial charge in [-0.1, -0.05) is 24.6 Å². The standard InChI is InChI=1S/C15H19ClN2OS/c1-4-8-17-10(2)13-9-18-15(20-13)14-11(16)6-5-7-12(14)19-3/h5-7,9-10,17H,4,8H2,1-3H3. The Morgan fingerprint density at radius 2 is 2.25 bits per heavy atom. The molecule has 2 aromatic rings. The first-order valence-corrected chi connectivity index (χ1v) is 7.88. The van der Waals surface area contributed by atoms with Crippen LogP contribution < -0.4 is 10.1 Å². The Hall–Kier alpha value is -1.10. The first-order chi connectivity index (χ1) is 9.67. The summed E-state index contributed by atoms with van der Waals surface area (Å²) in [5.41, 5.74) is 0.871. The van der Waals surface area contributed by atoms with E-state index in [-0.39, 0.29) is 0 Å². The molecule has 2 rings (SSSR count). The largest absolute Gasteiger partial charge is 0.496 e. The van der Waals surface area contributed by atoms with Crippen LogP contribution >= 0.6 is 22.9 Å². The van der Waals surface area contributed by atoms with Crippen LogP contribution in [-0.2, 0) is 0 Å². The topological polar surface area (TPSA) is 34.2 Å². The minimum absolute atomic E-state index is 0.301. The summed E-state index contributed by atoms with van der Waals surface area (Å²) in [5.74, 6) is 0.757. The van der Waals surface area contributed by atoms with Crippen LogP contribution in [0.4, 0.5) is 0 Å². The number of hydrogen-bond acceptors (Lipinski definition) is 4. The van der Waals surface area contributed by atoms with Gasteiger partial charge in [0.05, 0.1) is 17.7 Å². The zero-order valence-electron chi connectivity index (χ0n) is 11.9. The molecule has 0 amide bonds. The summed E-state index contributed by atoms with van der Waals surface area (Å²) >= 11 is 7.94. The maximum absolute atomic E-state index is 6.29. The highest BCUT2D eigenvalue weighted by atomic mass is 35.5. The van der Waals surface area contributed by atoms with Gasteiger partial charge in [0.15, 0.2) is 0 Å². The van der Waals surface area contributed by atoms with Crippen LogP contribution in [0.15, 0.2) is 24.4 Å². The highest BCUT2D eigenvalue weighted by Crippen LogP contribution is 2.39. The number of nitrogens with zero attached hydrogens (tertiary/aromatic N) is 1. The minimum atomic E-state index is 0.301. The minimum Gasteiger partial charge on any atom is -0.496 e. The van der Waals surface area contributed by atoms with E-state index in [0.29, 0.717) is 11.1 Å². The maximum Gasteiger partial charge on any atom is 0.130 e. The smallest absolute Gasteiger partial charge is 0.130 e. The number of thiazole rings is 1. The Morgan fingerprint density at radius 1 is 1.45 bits per heavy atom. The molecule has 0 bridgehead atoms. The Bertz CT molecular complexity index is 571. The molecule has 1 heterocycles. The predicted molar refractivity (Wildman–Crippen MR) is 85.8 cm³/mol. The van der Waals surface area contributed by atoms with Gasteiger partial charge in [-0.3, -0.25) is 0 Å². The molecule has 0 aliphatic rings. The van der Waals surface area contributed by atoms with E-state index < -0.39 is 0 Å². The summed E-state index contributed by atoms with van der Waals surface area (Å²) in [6, 6.07) is 5.94. The zero-order valence-corrected chi connectivity index (χ0v) is 13.5. The van der Waals surface area contributed by atoms with Gasteiger partial charge >= 0.3 is 0 Å². The quantitative estimate of drug-likeness (QED) is 0.851. The molecule has 1 aromatic heterocycles. The number of rotatable bonds is 6. The monoisotopic (exact) mass is 310 g/mol. The molecule has 108 valence electrons.